The van der Waals surface area contributed by atoms with Gasteiger partial charge >= 0.3 is 5.97 Å². The number of benzene rings is 1. The standard InChI is InChI=1S/C26H31N3O6S/c1-17-8-10-19(11-9-17)36(33,34)29-14-20-21(15-29)26(4,32)24(2,23(31)35-5)16-25(20,3)28-22(30)18-7-6-12-27-13-18/h6-13,32H,14-16H2,1-5H3,(H,28,30)/t24-,25+,26+/m0/s1. The minimum atomic E-state index is -3.92. The number of ether oxygens (including phenoxy) is 1. The van der Waals surface area contributed by atoms with E-state index in [9.17, 15) is 23.1 Å². The Bertz CT molecular complexity index is 1340. The van der Waals surface area contributed by atoms with E-state index in [1.807, 2.05) is 6.92 Å². The molecule has 36 heavy (non-hydrogen) atoms. The van der Waals surface area contributed by atoms with Gasteiger partial charge in [0, 0.05) is 25.5 Å². The SMILES string of the molecule is COC(=O)[C@]1(C)C[C@@](C)(NC(=O)c2cccnc2)C2=C(CN(S(=O)(=O)c3ccc(C)cc3)C2)[C@@]1(C)O. The van der Waals surface area contributed by atoms with Crippen molar-refractivity contribution < 1.29 is 27.9 Å². The number of aliphatic hydroxyl groups is 1. The summed E-state index contributed by atoms with van der Waals surface area (Å²) in [7, 11) is -2.68. The van der Waals surface area contributed by atoms with Crippen molar-refractivity contribution in [2.45, 2.75) is 50.2 Å². The van der Waals surface area contributed by atoms with E-state index in [1.54, 1.807) is 56.4 Å². The molecule has 0 radical (unpaired) electrons. The first-order valence-electron chi connectivity index (χ1n) is 11.6. The third-order valence-corrected chi connectivity index (χ3v) is 9.48. The van der Waals surface area contributed by atoms with Gasteiger partial charge in [-0.15, -0.1) is 0 Å². The van der Waals surface area contributed by atoms with Crippen molar-refractivity contribution in [3.8, 4) is 0 Å². The van der Waals surface area contributed by atoms with Crippen LogP contribution in [0.3, 0.4) is 0 Å². The van der Waals surface area contributed by atoms with Crippen LogP contribution >= 0.6 is 0 Å². The van der Waals surface area contributed by atoms with E-state index in [1.165, 1.54) is 24.5 Å². The van der Waals surface area contributed by atoms with Gasteiger partial charge in [-0.05, 0) is 69.5 Å². The van der Waals surface area contributed by atoms with Crippen molar-refractivity contribution in [1.82, 2.24) is 14.6 Å². The van der Waals surface area contributed by atoms with Crippen LogP contribution in [0.25, 0.3) is 0 Å². The molecular formula is C26H31N3O6S. The molecule has 0 unspecified atom stereocenters. The Morgan fingerprint density at radius 3 is 2.31 bits per heavy atom. The Kier molecular flexibility index (Phi) is 6.35. The predicted molar refractivity (Wildman–Crippen MR) is 132 cm³/mol. The molecule has 0 fully saturated rings. The molecule has 1 aromatic heterocycles. The zero-order chi connectivity index (χ0) is 26.5. The minimum absolute atomic E-state index is 0.00290. The molecule has 0 saturated heterocycles. The average molecular weight is 514 g/mol. The van der Waals surface area contributed by atoms with E-state index in [-0.39, 0.29) is 24.4 Å². The van der Waals surface area contributed by atoms with Gasteiger partial charge in [0.15, 0.2) is 0 Å². The maximum absolute atomic E-state index is 13.5. The van der Waals surface area contributed by atoms with Crippen molar-refractivity contribution in [1.29, 1.82) is 0 Å². The summed E-state index contributed by atoms with van der Waals surface area (Å²) in [4.78, 5) is 30.3. The average Bonchev–Trinajstić information content (AvgIpc) is 3.32. The molecule has 2 aromatic rings. The monoisotopic (exact) mass is 513 g/mol. The topological polar surface area (TPSA) is 126 Å². The van der Waals surface area contributed by atoms with Gasteiger partial charge in [0.25, 0.3) is 5.91 Å². The summed E-state index contributed by atoms with van der Waals surface area (Å²) in [5, 5.41) is 14.7. The van der Waals surface area contributed by atoms with Crippen molar-refractivity contribution >= 4 is 21.9 Å². The van der Waals surface area contributed by atoms with Crippen LogP contribution in [0.4, 0.5) is 0 Å². The quantitative estimate of drug-likeness (QED) is 0.464. The second-order valence-electron chi connectivity index (χ2n) is 10.1. The molecule has 4 rings (SSSR count). The number of aromatic nitrogens is 1. The highest BCUT2D eigenvalue weighted by molar-refractivity contribution is 7.89. The Morgan fingerprint density at radius 1 is 1.08 bits per heavy atom. The van der Waals surface area contributed by atoms with Crippen LogP contribution in [-0.4, -0.2) is 66.0 Å². The van der Waals surface area contributed by atoms with Crippen molar-refractivity contribution in [2.75, 3.05) is 20.2 Å². The van der Waals surface area contributed by atoms with Gasteiger partial charge in [-0.25, -0.2) is 8.42 Å². The van der Waals surface area contributed by atoms with Crippen molar-refractivity contribution in [2.24, 2.45) is 5.41 Å². The number of carbonyl (C=O) groups is 2. The molecule has 1 amide bonds. The minimum Gasteiger partial charge on any atom is -0.469 e. The third-order valence-electron chi connectivity index (χ3n) is 7.68. The van der Waals surface area contributed by atoms with Crippen LogP contribution in [0.15, 0.2) is 64.8 Å². The van der Waals surface area contributed by atoms with Gasteiger partial charge in [-0.3, -0.25) is 14.6 Å². The fourth-order valence-corrected chi connectivity index (χ4v) is 6.71. The first-order chi connectivity index (χ1) is 16.8. The van der Waals surface area contributed by atoms with Crippen LogP contribution in [0.1, 0.15) is 43.1 Å². The van der Waals surface area contributed by atoms with E-state index in [0.717, 1.165) is 5.56 Å². The third kappa shape index (κ3) is 4.03. The number of carbonyl (C=O) groups excluding carboxylic acids is 2. The van der Waals surface area contributed by atoms with Crippen LogP contribution in [0, 0.1) is 12.3 Å². The van der Waals surface area contributed by atoms with Crippen molar-refractivity contribution in [3.05, 3.63) is 71.1 Å². The maximum atomic E-state index is 13.5. The van der Waals surface area contributed by atoms with E-state index in [0.29, 0.717) is 16.7 Å². The van der Waals surface area contributed by atoms with Crippen LogP contribution in [-0.2, 0) is 19.6 Å². The molecule has 2 N–H and O–H groups in total. The number of esters is 1. The summed E-state index contributed by atoms with van der Waals surface area (Å²) in [6, 6.07) is 9.78. The molecule has 1 aliphatic heterocycles. The number of nitrogens with zero attached hydrogens (tertiary/aromatic N) is 2. The zero-order valence-electron chi connectivity index (χ0n) is 21.0. The number of rotatable bonds is 5. The normalized spacial score (nSPS) is 28.5. The molecule has 2 heterocycles. The molecule has 3 atom stereocenters. The summed E-state index contributed by atoms with van der Waals surface area (Å²) >= 11 is 0. The second kappa shape index (κ2) is 8.79. The molecule has 9 nitrogen and oxygen atoms in total. The van der Waals surface area contributed by atoms with Crippen molar-refractivity contribution in [3.63, 3.8) is 0 Å². The number of amides is 1. The van der Waals surface area contributed by atoms with Gasteiger partial charge in [0.05, 0.1) is 28.5 Å². The number of methoxy groups -OCH3 is 1. The number of hydrogen-bond donors (Lipinski definition) is 2. The highest BCUT2D eigenvalue weighted by Gasteiger charge is 2.63. The lowest BCUT2D eigenvalue weighted by molar-refractivity contribution is -0.169. The lowest BCUT2D eigenvalue weighted by Gasteiger charge is -2.51. The van der Waals surface area contributed by atoms with Crippen LogP contribution in [0.5, 0.6) is 0 Å². The first-order valence-corrected chi connectivity index (χ1v) is 13.0. The number of hydrogen-bond acceptors (Lipinski definition) is 7. The van der Waals surface area contributed by atoms with Crippen LogP contribution in [0.2, 0.25) is 0 Å². The molecule has 1 aliphatic carbocycles. The summed E-state index contributed by atoms with van der Waals surface area (Å²) in [5.74, 6) is -1.08. The van der Waals surface area contributed by atoms with E-state index in [4.69, 9.17) is 4.74 Å². The predicted octanol–water partition coefficient (Wildman–Crippen LogP) is 2.21. The molecule has 2 aliphatic rings. The molecule has 10 heteroatoms. The fraction of sp³-hybridized carbons (Fsp3) is 0.423. The molecule has 192 valence electrons. The molecule has 0 bridgehead atoms. The zero-order valence-corrected chi connectivity index (χ0v) is 21.8. The van der Waals surface area contributed by atoms with Gasteiger partial charge < -0.3 is 15.2 Å². The highest BCUT2D eigenvalue weighted by atomic mass is 32.2. The number of aryl methyl sites for hydroxylation is 1. The lowest BCUT2D eigenvalue weighted by atomic mass is 9.57. The smallest absolute Gasteiger partial charge is 0.314 e. The molecular weight excluding hydrogens is 482 g/mol. The molecule has 1 aromatic carbocycles. The van der Waals surface area contributed by atoms with Gasteiger partial charge in [-0.2, -0.15) is 4.31 Å². The van der Waals surface area contributed by atoms with E-state index in [2.05, 4.69) is 10.3 Å². The Hall–Kier alpha value is -3.08. The number of sulfonamides is 1. The summed E-state index contributed by atoms with van der Waals surface area (Å²) in [6.45, 7) is 6.53. The Morgan fingerprint density at radius 2 is 1.72 bits per heavy atom. The Labute approximate surface area is 211 Å². The molecule has 0 saturated carbocycles. The maximum Gasteiger partial charge on any atom is 0.314 e. The molecule has 0 spiro atoms. The van der Waals surface area contributed by atoms with Gasteiger partial charge in [0.1, 0.15) is 5.60 Å². The highest BCUT2D eigenvalue weighted by Crippen LogP contribution is 2.54. The van der Waals surface area contributed by atoms with E-state index >= 15 is 0 Å². The second-order valence-corrected chi connectivity index (χ2v) is 12.1. The van der Waals surface area contributed by atoms with E-state index < -0.39 is 38.5 Å². The summed E-state index contributed by atoms with van der Waals surface area (Å²) in [5.41, 5.74) is -2.14. The van der Waals surface area contributed by atoms with Gasteiger partial charge in [-0.1, -0.05) is 17.7 Å². The summed E-state index contributed by atoms with van der Waals surface area (Å²) in [6.07, 6.45) is 2.98. The van der Waals surface area contributed by atoms with Crippen LogP contribution < -0.4 is 5.32 Å². The fourth-order valence-electron chi connectivity index (χ4n) is 5.34. The summed E-state index contributed by atoms with van der Waals surface area (Å²) < 4.78 is 33.4. The van der Waals surface area contributed by atoms with Gasteiger partial charge in [0.2, 0.25) is 10.0 Å². The first kappa shape index (κ1) is 26.0. The Balaban J connectivity index is 1.79. The number of nitrogens with one attached hydrogen (secondary N) is 1. The lowest BCUT2D eigenvalue weighted by Crippen LogP contribution is -2.63. The largest absolute Gasteiger partial charge is 0.469 e. The number of pyridine rings is 1.